The van der Waals surface area contributed by atoms with Crippen LogP contribution in [-0.2, 0) is 30.8 Å². The van der Waals surface area contributed by atoms with Crippen molar-refractivity contribution in [3.63, 3.8) is 0 Å². The van der Waals surface area contributed by atoms with Gasteiger partial charge in [0, 0.05) is 23.7 Å². The third kappa shape index (κ3) is 4.88. The Balaban J connectivity index is 1.44. The Labute approximate surface area is 293 Å². The van der Waals surface area contributed by atoms with Crippen molar-refractivity contribution in [2.45, 2.75) is 37.3 Å². The second-order valence-electron chi connectivity index (χ2n) is 12.8. The number of imide groups is 2. The molecule has 2 aromatic carbocycles. The van der Waals surface area contributed by atoms with Crippen LogP contribution < -0.4 is 10.2 Å². The van der Waals surface area contributed by atoms with Crippen molar-refractivity contribution in [1.82, 2.24) is 14.9 Å². The van der Waals surface area contributed by atoms with E-state index in [2.05, 4.69) is 10.4 Å². The molecular formula is C35H29Cl2F3N4O6. The van der Waals surface area contributed by atoms with E-state index in [0.717, 1.165) is 0 Å². The number of allylic oxidation sites excluding steroid dienone is 2. The predicted molar refractivity (Wildman–Crippen MR) is 174 cm³/mol. The van der Waals surface area contributed by atoms with Crippen molar-refractivity contribution in [3.05, 3.63) is 93.1 Å². The summed E-state index contributed by atoms with van der Waals surface area (Å²) >= 11 is 12.5. The number of alkyl halides is 3. The number of anilines is 1. The average Bonchev–Trinajstić information content (AvgIpc) is 3.45. The lowest BCUT2D eigenvalue weighted by Gasteiger charge is -2.50. The number of nitrogens with one attached hydrogen (secondary N) is 1. The van der Waals surface area contributed by atoms with Gasteiger partial charge in [-0.3, -0.25) is 29.5 Å². The number of nitrogens with zero attached hydrogens (tertiary/aromatic N) is 3. The third-order valence-corrected chi connectivity index (χ3v) is 11.0. The number of carbonyl (C=O) groups excluding carboxylic acids is 4. The van der Waals surface area contributed by atoms with Crippen LogP contribution in [0.2, 0.25) is 10.0 Å². The second-order valence-corrected chi connectivity index (χ2v) is 13.6. The van der Waals surface area contributed by atoms with Crippen molar-refractivity contribution < 1.29 is 42.2 Å². The van der Waals surface area contributed by atoms with Gasteiger partial charge < -0.3 is 9.84 Å². The lowest BCUT2D eigenvalue weighted by Crippen LogP contribution is -2.53. The van der Waals surface area contributed by atoms with Crippen molar-refractivity contribution in [1.29, 1.82) is 0 Å². The number of hydrazine groups is 1. The van der Waals surface area contributed by atoms with Gasteiger partial charge >= 0.3 is 6.18 Å². The number of phenols is 1. The number of methoxy groups -OCH3 is 1. The zero-order valence-corrected chi connectivity index (χ0v) is 28.0. The topological polar surface area (TPSA) is 129 Å². The number of phenolic OH excluding ortho intramolecular Hbond substituents is 1. The highest BCUT2D eigenvalue weighted by molar-refractivity contribution is 6.33. The molecule has 2 aliphatic carbocycles. The summed E-state index contributed by atoms with van der Waals surface area (Å²) in [5.74, 6) is -6.83. The molecule has 3 heterocycles. The number of hydrogen-bond acceptors (Lipinski definition) is 8. The van der Waals surface area contributed by atoms with E-state index in [4.69, 9.17) is 27.9 Å². The van der Waals surface area contributed by atoms with Gasteiger partial charge in [0.15, 0.2) is 17.3 Å². The summed E-state index contributed by atoms with van der Waals surface area (Å²) < 4.78 is 45.4. The molecule has 2 aliphatic heterocycles. The van der Waals surface area contributed by atoms with Crippen molar-refractivity contribution in [2.75, 3.05) is 19.1 Å². The van der Waals surface area contributed by atoms with Crippen LogP contribution in [0.25, 0.3) is 0 Å². The molecule has 0 spiro atoms. The molecule has 1 aromatic heterocycles. The van der Waals surface area contributed by atoms with Crippen LogP contribution in [0.5, 0.6) is 11.5 Å². The summed E-state index contributed by atoms with van der Waals surface area (Å²) in [6.07, 6.45) is -2.15. The van der Waals surface area contributed by atoms with Crippen molar-refractivity contribution >= 4 is 52.6 Å². The van der Waals surface area contributed by atoms with Crippen LogP contribution in [0.3, 0.4) is 0 Å². The first-order valence-electron chi connectivity index (χ1n) is 15.8. The van der Waals surface area contributed by atoms with Crippen LogP contribution in [0, 0.1) is 23.7 Å². The van der Waals surface area contributed by atoms with Gasteiger partial charge in [-0.15, -0.1) is 0 Å². The number of hydrogen-bond donors (Lipinski definition) is 2. The monoisotopic (exact) mass is 728 g/mol. The number of amides is 4. The van der Waals surface area contributed by atoms with Gasteiger partial charge in [0.1, 0.15) is 0 Å². The molecule has 1 saturated carbocycles. The SMILES string of the molecule is CCN1C(=O)C2CC=C3C(CC4C(=O)N(Nc5ncc(C(F)(F)F)cc5Cl)C(=O)C4(c4ccc(Cl)cc4)C3c3ccc(OC)c(O)c3)C2C1=O. The first-order valence-corrected chi connectivity index (χ1v) is 16.5. The zero-order chi connectivity index (χ0) is 35.9. The summed E-state index contributed by atoms with van der Waals surface area (Å²) in [4.78, 5) is 61.9. The normalized spacial score (nSPS) is 27.6. The first-order chi connectivity index (χ1) is 23.7. The van der Waals surface area contributed by atoms with Crippen LogP contribution in [0.1, 0.15) is 42.4 Å². The molecule has 0 bridgehead atoms. The van der Waals surface area contributed by atoms with Crippen LogP contribution in [0.4, 0.5) is 19.0 Å². The Bertz CT molecular complexity index is 1990. The average molecular weight is 730 g/mol. The van der Waals surface area contributed by atoms with Crippen LogP contribution in [0.15, 0.2) is 66.4 Å². The van der Waals surface area contributed by atoms with E-state index in [-0.39, 0.29) is 48.5 Å². The molecule has 4 aliphatic rings. The first kappa shape index (κ1) is 33.9. The van der Waals surface area contributed by atoms with Gasteiger partial charge in [-0.25, -0.2) is 4.98 Å². The summed E-state index contributed by atoms with van der Waals surface area (Å²) in [5, 5.41) is 11.6. The highest BCUT2D eigenvalue weighted by Crippen LogP contribution is 2.64. The molecule has 4 amide bonds. The number of halogens is 5. The standard InChI is InChI=1S/C35H29Cl2F3N4O6/c1-3-43-30(46)21-10-9-20-22(27(21)32(43)48)14-23-31(47)44(42-29-24(37)13-18(15-41-29)35(38,39)40)33(49)34(23,17-5-7-19(36)8-6-17)28(20)16-4-11-26(50-2)25(45)12-16/h4-9,11-13,15,21-23,27-28,45H,3,10,14H2,1-2H3,(H,41,42). The third-order valence-electron chi connectivity index (χ3n) is 10.5. The highest BCUT2D eigenvalue weighted by Gasteiger charge is 2.70. The van der Waals surface area contributed by atoms with Gasteiger partial charge in [-0.1, -0.05) is 53.1 Å². The number of rotatable bonds is 6. The molecule has 50 heavy (non-hydrogen) atoms. The lowest BCUT2D eigenvalue weighted by molar-refractivity contribution is -0.141. The Morgan fingerprint density at radius 1 is 1.02 bits per heavy atom. The fourth-order valence-corrected chi connectivity index (χ4v) is 8.76. The number of aromatic hydroxyl groups is 1. The summed E-state index contributed by atoms with van der Waals surface area (Å²) in [5.41, 5.74) is 1.21. The molecule has 2 saturated heterocycles. The predicted octanol–water partition coefficient (Wildman–Crippen LogP) is 6.13. The summed E-state index contributed by atoms with van der Waals surface area (Å²) in [7, 11) is 1.38. The number of pyridine rings is 1. The molecular weight excluding hydrogens is 700 g/mol. The highest BCUT2D eigenvalue weighted by atomic mass is 35.5. The van der Waals surface area contributed by atoms with Gasteiger partial charge in [-0.2, -0.15) is 18.2 Å². The van der Waals surface area contributed by atoms with Gasteiger partial charge in [0.25, 0.3) is 11.8 Å². The maximum atomic E-state index is 15.1. The summed E-state index contributed by atoms with van der Waals surface area (Å²) in [6.45, 7) is 1.89. The Hall–Kier alpha value is -4.62. The van der Waals surface area contributed by atoms with Crippen molar-refractivity contribution in [3.8, 4) is 11.5 Å². The summed E-state index contributed by atoms with van der Waals surface area (Å²) in [6, 6.07) is 11.7. The fraction of sp³-hybridized carbons (Fsp3) is 0.343. The largest absolute Gasteiger partial charge is 0.504 e. The van der Waals surface area contributed by atoms with E-state index in [9.17, 15) is 32.7 Å². The van der Waals surface area contributed by atoms with Crippen molar-refractivity contribution in [2.24, 2.45) is 23.7 Å². The molecule has 0 radical (unpaired) electrons. The minimum atomic E-state index is -4.74. The number of aromatic nitrogens is 1. The van der Waals surface area contributed by atoms with Gasteiger partial charge in [-0.05, 0) is 67.1 Å². The molecule has 260 valence electrons. The van der Waals surface area contributed by atoms with E-state index in [0.29, 0.717) is 39.0 Å². The molecule has 10 nitrogen and oxygen atoms in total. The molecule has 7 rings (SSSR count). The van der Waals surface area contributed by atoms with Crippen LogP contribution >= 0.6 is 23.2 Å². The molecule has 6 unspecified atom stereocenters. The Morgan fingerprint density at radius 3 is 2.36 bits per heavy atom. The van der Waals surface area contributed by atoms with E-state index in [1.54, 1.807) is 37.3 Å². The second kappa shape index (κ2) is 12.0. The van der Waals surface area contributed by atoms with E-state index >= 15 is 4.79 Å². The fourth-order valence-electron chi connectivity index (χ4n) is 8.42. The number of ether oxygens (including phenoxy) is 1. The smallest absolute Gasteiger partial charge is 0.417 e. The molecule has 3 aromatic rings. The van der Waals surface area contributed by atoms with E-state index in [1.807, 2.05) is 6.08 Å². The number of carbonyl (C=O) groups is 4. The quantitative estimate of drug-likeness (QED) is 0.229. The number of likely N-dealkylation sites (tertiary alicyclic amines) is 1. The van der Waals surface area contributed by atoms with E-state index < -0.39 is 63.6 Å². The van der Waals surface area contributed by atoms with Gasteiger partial charge in [0.2, 0.25) is 11.8 Å². The maximum absolute atomic E-state index is 15.1. The van der Waals surface area contributed by atoms with E-state index in [1.165, 1.54) is 24.1 Å². The number of benzene rings is 2. The molecule has 2 N–H and O–H groups in total. The lowest BCUT2D eigenvalue weighted by atomic mass is 9.49. The molecule has 15 heteroatoms. The zero-order valence-electron chi connectivity index (χ0n) is 26.5. The molecule has 6 atom stereocenters. The Morgan fingerprint density at radius 2 is 1.74 bits per heavy atom. The van der Waals surface area contributed by atoms with Crippen LogP contribution in [-0.4, -0.2) is 57.3 Å². The van der Waals surface area contributed by atoms with Gasteiger partial charge in [0.05, 0.1) is 40.9 Å². The Kier molecular flexibility index (Phi) is 8.13. The maximum Gasteiger partial charge on any atom is 0.417 e. The number of fused-ring (bicyclic) bond motifs is 4. The minimum absolute atomic E-state index is 0.0121. The molecule has 3 fully saturated rings. The minimum Gasteiger partial charge on any atom is -0.504 e.